The van der Waals surface area contributed by atoms with Gasteiger partial charge in [0.2, 0.25) is 0 Å². The van der Waals surface area contributed by atoms with Crippen LogP contribution in [0.3, 0.4) is 0 Å². The third-order valence-corrected chi connectivity index (χ3v) is 13.3. The highest BCUT2D eigenvalue weighted by Gasteiger charge is 2.44. The number of carbonyl (C=O) groups excluding carboxylic acids is 2. The number of fused-ring (bicyclic) bond motifs is 4. The second kappa shape index (κ2) is 12.2. The molecule has 0 radical (unpaired) electrons. The smallest absolute Gasteiger partial charge is 0.262 e. The highest BCUT2D eigenvalue weighted by atomic mass is 35.5. The van der Waals surface area contributed by atoms with Gasteiger partial charge in [-0.15, -0.1) is 0 Å². The average molecular weight is 637 g/mol. The van der Waals surface area contributed by atoms with Gasteiger partial charge in [-0.2, -0.15) is 0 Å². The summed E-state index contributed by atoms with van der Waals surface area (Å²) in [5.74, 6) is 4.98. The van der Waals surface area contributed by atoms with Gasteiger partial charge in [-0.1, -0.05) is 36.7 Å². The molecule has 1 amide bonds. The first kappa shape index (κ1) is 31.2. The van der Waals surface area contributed by atoms with Crippen LogP contribution in [0.2, 0.25) is 5.02 Å². The minimum Gasteiger partial charge on any atom is -0.490 e. The van der Waals surface area contributed by atoms with Crippen LogP contribution in [0.4, 0.5) is 5.69 Å². The van der Waals surface area contributed by atoms with E-state index in [-0.39, 0.29) is 34.3 Å². The molecular formula is C36H45ClN2O4S. The van der Waals surface area contributed by atoms with E-state index in [1.165, 1.54) is 11.1 Å². The molecule has 2 aromatic carbocycles. The summed E-state index contributed by atoms with van der Waals surface area (Å²) in [5, 5.41) is 0.385. The number of hydrogen-bond donors (Lipinski definition) is 1. The number of ether oxygens (including phenoxy) is 1. The van der Waals surface area contributed by atoms with Crippen molar-refractivity contribution in [3.63, 3.8) is 0 Å². The largest absolute Gasteiger partial charge is 0.490 e. The number of anilines is 1. The average Bonchev–Trinajstić information content (AvgIpc) is 3.11. The molecule has 0 aromatic heterocycles. The minimum atomic E-state index is -2.96. The van der Waals surface area contributed by atoms with Crippen LogP contribution in [0.5, 0.6) is 5.75 Å². The molecule has 1 unspecified atom stereocenters. The van der Waals surface area contributed by atoms with E-state index in [9.17, 15) is 13.8 Å². The molecule has 2 heterocycles. The van der Waals surface area contributed by atoms with Crippen molar-refractivity contribution >= 4 is 44.6 Å². The summed E-state index contributed by atoms with van der Waals surface area (Å²) in [6.07, 6.45) is 10.3. The van der Waals surface area contributed by atoms with E-state index in [4.69, 9.17) is 16.3 Å². The van der Waals surface area contributed by atoms with E-state index >= 15 is 0 Å². The summed E-state index contributed by atoms with van der Waals surface area (Å²) in [4.78, 5) is 29.8. The summed E-state index contributed by atoms with van der Waals surface area (Å²) < 4.78 is 23.2. The van der Waals surface area contributed by atoms with Crippen LogP contribution in [0, 0.1) is 23.7 Å². The Morgan fingerprint density at radius 1 is 1.16 bits per heavy atom. The lowest BCUT2D eigenvalue weighted by Gasteiger charge is -2.44. The summed E-state index contributed by atoms with van der Waals surface area (Å²) in [5.41, 5.74) is 3.59. The zero-order chi connectivity index (χ0) is 31.2. The fraction of sp³-hybridized carbons (Fsp3) is 0.528. The molecule has 4 aliphatic rings. The summed E-state index contributed by atoms with van der Waals surface area (Å²) >= 11 is 6.42. The molecule has 2 aromatic rings. The normalized spacial score (nSPS) is 34.4. The van der Waals surface area contributed by atoms with Gasteiger partial charge in [0, 0.05) is 46.7 Å². The van der Waals surface area contributed by atoms with Gasteiger partial charge in [0.05, 0.1) is 22.0 Å². The molecule has 2 aliphatic heterocycles. The Kier molecular flexibility index (Phi) is 8.66. The molecule has 8 heteroatoms. The number of allylic oxidation sites excluding steroid dienone is 2. The molecule has 7 atom stereocenters. The van der Waals surface area contributed by atoms with E-state index in [1.807, 2.05) is 45.0 Å². The van der Waals surface area contributed by atoms with Gasteiger partial charge in [0.25, 0.3) is 5.91 Å². The predicted octanol–water partition coefficient (Wildman–Crippen LogP) is 6.78. The van der Waals surface area contributed by atoms with Crippen molar-refractivity contribution in [2.75, 3.05) is 24.6 Å². The Labute approximate surface area is 267 Å². The highest BCUT2D eigenvalue weighted by Crippen LogP contribution is 2.46. The molecule has 6 rings (SSSR count). The summed E-state index contributed by atoms with van der Waals surface area (Å²) in [6.45, 7) is 7.88. The molecule has 6 nitrogen and oxygen atoms in total. The second-order valence-electron chi connectivity index (χ2n) is 13.8. The van der Waals surface area contributed by atoms with Crippen molar-refractivity contribution in [1.29, 1.82) is 0 Å². The maximum Gasteiger partial charge on any atom is 0.262 e. The molecule has 2 bridgehead atoms. The molecular weight excluding hydrogens is 592 g/mol. The molecule has 2 aliphatic carbocycles. The lowest BCUT2D eigenvalue weighted by atomic mass is 9.68. The Morgan fingerprint density at radius 2 is 1.98 bits per heavy atom. The molecule has 236 valence electrons. The third kappa shape index (κ3) is 5.94. The molecule has 44 heavy (non-hydrogen) atoms. The molecule has 1 saturated carbocycles. The molecule has 1 N–H and O–H groups in total. The number of carbonyl (C=O) groups is 2. The van der Waals surface area contributed by atoms with Gasteiger partial charge in [-0.3, -0.25) is 14.3 Å². The summed E-state index contributed by atoms with van der Waals surface area (Å²) in [6, 6.07) is 11.7. The number of rotatable bonds is 1. The van der Waals surface area contributed by atoms with Crippen molar-refractivity contribution in [3.8, 4) is 5.75 Å². The van der Waals surface area contributed by atoms with Crippen molar-refractivity contribution < 1.29 is 18.5 Å². The van der Waals surface area contributed by atoms with Gasteiger partial charge in [0.1, 0.15) is 11.5 Å². The predicted molar refractivity (Wildman–Crippen MR) is 180 cm³/mol. The first-order chi connectivity index (χ1) is 21.0. The number of nitrogens with zero attached hydrogens (tertiary/aromatic N) is 1. The Balaban J connectivity index is 1.42. The van der Waals surface area contributed by atoms with Crippen molar-refractivity contribution in [2.45, 2.75) is 76.4 Å². The Hall–Kier alpha value is -2.77. The van der Waals surface area contributed by atoms with Gasteiger partial charge < -0.3 is 9.64 Å². The van der Waals surface area contributed by atoms with Crippen LogP contribution in [-0.4, -0.2) is 46.7 Å². The zero-order valence-corrected chi connectivity index (χ0v) is 27.7. The van der Waals surface area contributed by atoms with E-state index in [2.05, 4.69) is 33.7 Å². The SMILES string of the molecule is C=S1(=O)NC(=O)c2ccc3c(c2)N(C[C@@H]2CC[C@H]2C(=O)C[C@H](/C=C/C)C[C@H](C)[C@H]1C)C[C@@]1(CCCc2cc(Cl)ccc21)CO3. The maximum absolute atomic E-state index is 13.8. The number of ketones is 1. The van der Waals surface area contributed by atoms with Crippen LogP contribution in [0.15, 0.2) is 48.6 Å². The number of amides is 1. The van der Waals surface area contributed by atoms with Crippen LogP contribution >= 0.6 is 11.6 Å². The monoisotopic (exact) mass is 636 g/mol. The van der Waals surface area contributed by atoms with E-state index in [0.29, 0.717) is 30.8 Å². The number of nitrogens with one attached hydrogen (secondary N) is 1. The lowest BCUT2D eigenvalue weighted by molar-refractivity contribution is -0.128. The fourth-order valence-corrected chi connectivity index (χ4v) is 9.69. The fourth-order valence-electron chi connectivity index (χ4n) is 8.01. The van der Waals surface area contributed by atoms with Crippen molar-refractivity contribution in [1.82, 2.24) is 4.72 Å². The molecule has 1 spiro atoms. The van der Waals surface area contributed by atoms with Crippen LogP contribution < -0.4 is 14.4 Å². The molecule has 0 saturated heterocycles. The van der Waals surface area contributed by atoms with Gasteiger partial charge in [0.15, 0.2) is 0 Å². The minimum absolute atomic E-state index is 0.000211. The van der Waals surface area contributed by atoms with E-state index in [1.54, 1.807) is 6.07 Å². The van der Waals surface area contributed by atoms with Crippen LogP contribution in [0.25, 0.3) is 0 Å². The number of Topliss-reactive ketones (excluding diaryl/α,β-unsaturated/α-hetero) is 1. The Bertz CT molecular complexity index is 1590. The Morgan fingerprint density at radius 3 is 2.73 bits per heavy atom. The maximum atomic E-state index is 13.8. The van der Waals surface area contributed by atoms with Gasteiger partial charge in [-0.25, -0.2) is 4.21 Å². The highest BCUT2D eigenvalue weighted by molar-refractivity contribution is 7.99. The number of benzene rings is 2. The number of hydrogen-bond acceptors (Lipinski definition) is 5. The van der Waals surface area contributed by atoms with Gasteiger partial charge >= 0.3 is 0 Å². The van der Waals surface area contributed by atoms with Crippen molar-refractivity contribution in [2.24, 2.45) is 23.7 Å². The van der Waals surface area contributed by atoms with Crippen LogP contribution in [-0.2, 0) is 26.3 Å². The topological polar surface area (TPSA) is 75.7 Å². The van der Waals surface area contributed by atoms with E-state index < -0.39 is 15.6 Å². The first-order valence-electron chi connectivity index (χ1n) is 16.1. The summed E-state index contributed by atoms with van der Waals surface area (Å²) in [7, 11) is -2.96. The number of aryl methyl sites for hydroxylation is 1. The van der Waals surface area contributed by atoms with Crippen LogP contribution in [0.1, 0.15) is 80.8 Å². The standard InChI is InChI=1S/C36H45ClN2O4S/c1-5-7-25-16-23(2)24(3)44(4,42)38-35(41)27-10-14-34-32(19-27)39(20-28-9-12-30(28)33(40)17-25)21-36(22-43-34)15-6-8-26-18-29(37)11-13-31(26)36/h5,7,10-11,13-14,18-19,23-25,28,30H,4,6,8-9,12,15-17,20-22H2,1-3H3,(H,38,41,42)/b7-5+/t23-,24+,25+,28-,30+,36-,44?/m0/s1. The van der Waals surface area contributed by atoms with Gasteiger partial charge in [-0.05, 0) is 117 Å². The molecule has 1 fully saturated rings. The first-order valence-corrected chi connectivity index (χ1v) is 18.3. The third-order valence-electron chi connectivity index (χ3n) is 10.9. The lowest BCUT2D eigenvalue weighted by Crippen LogP contribution is -2.49. The van der Waals surface area contributed by atoms with Crippen molar-refractivity contribution in [3.05, 3.63) is 70.3 Å². The van der Waals surface area contributed by atoms with E-state index in [0.717, 1.165) is 61.7 Å². The zero-order valence-electron chi connectivity index (χ0n) is 26.2. The second-order valence-corrected chi connectivity index (χ2v) is 16.6. The number of halogens is 1. The quantitative estimate of drug-likeness (QED) is 0.276.